The van der Waals surface area contributed by atoms with E-state index >= 15 is 0 Å². The van der Waals surface area contributed by atoms with E-state index < -0.39 is 5.97 Å². The second-order valence-electron chi connectivity index (χ2n) is 5.48. The van der Waals surface area contributed by atoms with Crippen LogP contribution in [-0.2, 0) is 16.1 Å². The summed E-state index contributed by atoms with van der Waals surface area (Å²) in [4.78, 5) is 16.2. The van der Waals surface area contributed by atoms with Crippen molar-refractivity contribution >= 4 is 34.7 Å². The fourth-order valence-corrected chi connectivity index (χ4v) is 2.72. The first-order chi connectivity index (χ1) is 13.1. The lowest BCUT2D eigenvalue weighted by molar-refractivity contribution is -0.139. The van der Waals surface area contributed by atoms with Crippen molar-refractivity contribution in [3.63, 3.8) is 0 Å². The average molecular weight is 388 g/mol. The predicted octanol–water partition coefficient (Wildman–Crippen LogP) is 4.65. The van der Waals surface area contributed by atoms with Gasteiger partial charge in [-0.1, -0.05) is 23.7 Å². The maximum Gasteiger partial charge on any atom is 0.331 e. The molecule has 0 fully saturated rings. The minimum atomic E-state index is -0.527. The molecule has 7 heteroatoms. The molecule has 27 heavy (non-hydrogen) atoms. The van der Waals surface area contributed by atoms with Crippen molar-refractivity contribution in [3.05, 3.63) is 59.0 Å². The zero-order valence-corrected chi connectivity index (χ0v) is 15.7. The van der Waals surface area contributed by atoms with Gasteiger partial charge in [-0.05, 0) is 42.8 Å². The summed E-state index contributed by atoms with van der Waals surface area (Å²) in [6.07, 6.45) is 2.88. The Bertz CT molecular complexity index is 947. The number of hydrogen-bond acceptors (Lipinski definition) is 6. The molecule has 2 aromatic carbocycles. The van der Waals surface area contributed by atoms with E-state index in [0.717, 1.165) is 5.52 Å². The van der Waals surface area contributed by atoms with Gasteiger partial charge in [-0.25, -0.2) is 9.78 Å². The van der Waals surface area contributed by atoms with Crippen LogP contribution in [0.2, 0.25) is 5.02 Å². The van der Waals surface area contributed by atoms with Crippen LogP contribution in [0.5, 0.6) is 11.5 Å². The Labute approximate surface area is 161 Å². The van der Waals surface area contributed by atoms with Crippen molar-refractivity contribution in [2.24, 2.45) is 0 Å². The second-order valence-corrected chi connectivity index (χ2v) is 5.89. The summed E-state index contributed by atoms with van der Waals surface area (Å²) in [7, 11) is 1.52. The standard InChI is InChI=1S/C20H18ClNO5/c1-3-25-20-14(21)10-13(11-17(20)24-2)8-9-19(23)26-12-18-22-15-6-4-5-7-16(15)27-18/h4-11H,3,12H2,1-2H3/b9-8+. The molecule has 0 N–H and O–H groups in total. The highest BCUT2D eigenvalue weighted by Crippen LogP contribution is 2.36. The SMILES string of the molecule is CCOc1c(Cl)cc(/C=C/C(=O)OCc2nc3ccccc3o2)cc1OC. The molecule has 0 radical (unpaired) electrons. The van der Waals surface area contributed by atoms with Crippen LogP contribution in [-0.4, -0.2) is 24.7 Å². The quantitative estimate of drug-likeness (QED) is 0.434. The van der Waals surface area contributed by atoms with Gasteiger partial charge < -0.3 is 18.6 Å². The van der Waals surface area contributed by atoms with Crippen molar-refractivity contribution in [3.8, 4) is 11.5 Å². The van der Waals surface area contributed by atoms with E-state index in [9.17, 15) is 4.79 Å². The molecule has 140 valence electrons. The van der Waals surface area contributed by atoms with Gasteiger partial charge in [0.25, 0.3) is 0 Å². The summed E-state index contributed by atoms with van der Waals surface area (Å²) >= 11 is 6.21. The highest BCUT2D eigenvalue weighted by atomic mass is 35.5. The lowest BCUT2D eigenvalue weighted by Crippen LogP contribution is -2.01. The number of oxazole rings is 1. The molecule has 0 amide bonds. The number of aromatic nitrogens is 1. The summed E-state index contributed by atoms with van der Waals surface area (Å²) in [5, 5.41) is 0.399. The first-order valence-electron chi connectivity index (χ1n) is 8.30. The van der Waals surface area contributed by atoms with E-state index in [1.54, 1.807) is 24.3 Å². The zero-order chi connectivity index (χ0) is 19.2. The monoisotopic (exact) mass is 387 g/mol. The topological polar surface area (TPSA) is 70.8 Å². The van der Waals surface area contributed by atoms with Crippen molar-refractivity contribution < 1.29 is 23.4 Å². The van der Waals surface area contributed by atoms with E-state index in [0.29, 0.717) is 40.2 Å². The first-order valence-corrected chi connectivity index (χ1v) is 8.68. The summed E-state index contributed by atoms with van der Waals surface area (Å²) in [5.74, 6) is 0.770. The molecule has 0 saturated carbocycles. The second kappa shape index (κ2) is 8.60. The number of esters is 1. The minimum absolute atomic E-state index is 0.0504. The molecule has 0 bridgehead atoms. The normalized spacial score (nSPS) is 11.1. The summed E-state index contributed by atoms with van der Waals surface area (Å²) in [6, 6.07) is 10.7. The first kappa shape index (κ1) is 18.8. The number of benzene rings is 2. The number of rotatable bonds is 7. The lowest BCUT2D eigenvalue weighted by atomic mass is 10.2. The van der Waals surface area contributed by atoms with Gasteiger partial charge in [0.15, 0.2) is 23.7 Å². The van der Waals surface area contributed by atoms with Crippen LogP contribution in [0.1, 0.15) is 18.4 Å². The van der Waals surface area contributed by atoms with Gasteiger partial charge in [0.1, 0.15) is 5.52 Å². The maximum atomic E-state index is 11.9. The number of methoxy groups -OCH3 is 1. The number of hydrogen-bond donors (Lipinski definition) is 0. The molecule has 0 saturated heterocycles. The minimum Gasteiger partial charge on any atom is -0.493 e. The Kier molecular flexibility index (Phi) is 5.98. The average Bonchev–Trinajstić information content (AvgIpc) is 3.09. The van der Waals surface area contributed by atoms with Gasteiger partial charge in [-0.15, -0.1) is 0 Å². The molecule has 0 unspecified atom stereocenters. The van der Waals surface area contributed by atoms with Crippen LogP contribution in [0.3, 0.4) is 0 Å². The van der Waals surface area contributed by atoms with Crippen LogP contribution in [0.4, 0.5) is 0 Å². The van der Waals surface area contributed by atoms with E-state index in [1.165, 1.54) is 13.2 Å². The molecule has 0 atom stereocenters. The van der Waals surface area contributed by atoms with Gasteiger partial charge in [-0.2, -0.15) is 0 Å². The summed E-state index contributed by atoms with van der Waals surface area (Å²) in [6.45, 7) is 2.27. The van der Waals surface area contributed by atoms with Gasteiger partial charge in [0.05, 0.1) is 18.7 Å². The van der Waals surface area contributed by atoms with Gasteiger partial charge in [0, 0.05) is 6.08 Å². The number of fused-ring (bicyclic) bond motifs is 1. The number of ether oxygens (including phenoxy) is 3. The van der Waals surface area contributed by atoms with Crippen molar-refractivity contribution in [2.75, 3.05) is 13.7 Å². The van der Waals surface area contributed by atoms with Crippen LogP contribution < -0.4 is 9.47 Å². The van der Waals surface area contributed by atoms with E-state index in [2.05, 4.69) is 4.98 Å². The third-order valence-corrected chi connectivity index (χ3v) is 3.91. The fourth-order valence-electron chi connectivity index (χ4n) is 2.45. The number of halogens is 1. The smallest absolute Gasteiger partial charge is 0.331 e. The molecule has 1 aromatic heterocycles. The molecular weight excluding hydrogens is 370 g/mol. The fraction of sp³-hybridized carbons (Fsp3) is 0.200. The van der Waals surface area contributed by atoms with Crippen LogP contribution in [0.15, 0.2) is 46.9 Å². The summed E-state index contributed by atoms with van der Waals surface area (Å²) < 4.78 is 21.4. The Hall–Kier alpha value is -2.99. The van der Waals surface area contributed by atoms with Crippen LogP contribution >= 0.6 is 11.6 Å². The highest BCUT2D eigenvalue weighted by molar-refractivity contribution is 6.32. The number of nitrogens with zero attached hydrogens (tertiary/aromatic N) is 1. The third kappa shape index (κ3) is 4.60. The molecule has 3 aromatic rings. The highest BCUT2D eigenvalue weighted by Gasteiger charge is 2.11. The third-order valence-electron chi connectivity index (χ3n) is 3.63. The van der Waals surface area contributed by atoms with Crippen molar-refractivity contribution in [2.45, 2.75) is 13.5 Å². The van der Waals surface area contributed by atoms with Crippen LogP contribution in [0, 0.1) is 0 Å². The number of carbonyl (C=O) groups excluding carboxylic acids is 1. The molecule has 6 nitrogen and oxygen atoms in total. The predicted molar refractivity (Wildman–Crippen MR) is 102 cm³/mol. The largest absolute Gasteiger partial charge is 0.493 e. The molecular formula is C20H18ClNO5. The maximum absolute atomic E-state index is 11.9. The Morgan fingerprint density at radius 1 is 1.30 bits per heavy atom. The van der Waals surface area contributed by atoms with Crippen LogP contribution in [0.25, 0.3) is 17.2 Å². The number of para-hydroxylation sites is 2. The molecule has 1 heterocycles. The molecule has 0 aliphatic rings. The van der Waals surface area contributed by atoms with Crippen molar-refractivity contribution in [1.29, 1.82) is 0 Å². The molecule has 0 aliphatic carbocycles. The van der Waals surface area contributed by atoms with Gasteiger partial charge in [-0.3, -0.25) is 0 Å². The van der Waals surface area contributed by atoms with E-state index in [4.69, 9.17) is 30.2 Å². The molecule has 3 rings (SSSR count). The Morgan fingerprint density at radius 2 is 2.11 bits per heavy atom. The van der Waals surface area contributed by atoms with Gasteiger partial charge >= 0.3 is 5.97 Å². The van der Waals surface area contributed by atoms with Crippen molar-refractivity contribution in [1.82, 2.24) is 4.98 Å². The zero-order valence-electron chi connectivity index (χ0n) is 14.9. The molecule has 0 spiro atoms. The lowest BCUT2D eigenvalue weighted by Gasteiger charge is -2.11. The summed E-state index contributed by atoms with van der Waals surface area (Å²) in [5.41, 5.74) is 2.05. The van der Waals surface area contributed by atoms with E-state index in [1.807, 2.05) is 25.1 Å². The van der Waals surface area contributed by atoms with E-state index in [-0.39, 0.29) is 6.61 Å². The molecule has 0 aliphatic heterocycles. The Balaban J connectivity index is 1.64. The Morgan fingerprint density at radius 3 is 2.85 bits per heavy atom. The van der Waals surface area contributed by atoms with Gasteiger partial charge in [0.2, 0.25) is 5.89 Å². The number of carbonyl (C=O) groups is 1.